The number of carbonyl (C=O) groups is 1. The van der Waals surface area contributed by atoms with Crippen molar-refractivity contribution in [2.75, 3.05) is 19.5 Å². The fourth-order valence-corrected chi connectivity index (χ4v) is 5.68. The summed E-state index contributed by atoms with van der Waals surface area (Å²) in [5.74, 6) is -0.449. The zero-order chi connectivity index (χ0) is 30.0. The SMILES string of the molecule is COc1cc([C@@H]2C(C(=O)Nc3ccccc3)=C(C)N=c3s/c(=C/c4ccc(OC(F)F)c(OC)c4)c(=O)n32)ccc1O. The Morgan fingerprint density at radius 3 is 2.48 bits per heavy atom. The van der Waals surface area contributed by atoms with Crippen molar-refractivity contribution in [2.24, 2.45) is 4.99 Å². The number of methoxy groups -OCH3 is 2. The molecule has 1 aromatic heterocycles. The van der Waals surface area contributed by atoms with Crippen LogP contribution in [0.25, 0.3) is 6.08 Å². The van der Waals surface area contributed by atoms with Gasteiger partial charge in [0.05, 0.1) is 36.1 Å². The highest BCUT2D eigenvalue weighted by atomic mass is 32.1. The smallest absolute Gasteiger partial charge is 0.387 e. The predicted molar refractivity (Wildman–Crippen MR) is 153 cm³/mol. The molecule has 216 valence electrons. The van der Waals surface area contributed by atoms with Gasteiger partial charge < -0.3 is 24.6 Å². The molecule has 1 aliphatic rings. The number of aromatic nitrogens is 1. The van der Waals surface area contributed by atoms with Gasteiger partial charge in [-0.1, -0.05) is 41.7 Å². The molecule has 0 radical (unpaired) electrons. The second kappa shape index (κ2) is 11.9. The van der Waals surface area contributed by atoms with Crippen LogP contribution in [-0.2, 0) is 4.79 Å². The van der Waals surface area contributed by atoms with Crippen molar-refractivity contribution in [1.29, 1.82) is 0 Å². The average molecular weight is 594 g/mol. The average Bonchev–Trinajstić information content (AvgIpc) is 3.27. The highest BCUT2D eigenvalue weighted by molar-refractivity contribution is 7.07. The molecular weight excluding hydrogens is 568 g/mol. The van der Waals surface area contributed by atoms with E-state index in [0.717, 1.165) is 11.3 Å². The number of carbonyl (C=O) groups excluding carboxylic acids is 1. The molecule has 12 heteroatoms. The van der Waals surface area contributed by atoms with E-state index in [1.165, 1.54) is 43.1 Å². The fraction of sp³-hybridized carbons (Fsp3) is 0.167. The minimum Gasteiger partial charge on any atom is -0.504 e. The van der Waals surface area contributed by atoms with Crippen LogP contribution in [0.1, 0.15) is 24.1 Å². The number of amides is 1. The molecule has 1 amide bonds. The molecule has 2 heterocycles. The van der Waals surface area contributed by atoms with E-state index in [2.05, 4.69) is 15.0 Å². The largest absolute Gasteiger partial charge is 0.504 e. The summed E-state index contributed by atoms with van der Waals surface area (Å²) >= 11 is 1.11. The third-order valence-corrected chi connectivity index (χ3v) is 7.50. The molecule has 0 aliphatic carbocycles. The highest BCUT2D eigenvalue weighted by Gasteiger charge is 2.33. The lowest BCUT2D eigenvalue weighted by molar-refractivity contribution is -0.113. The summed E-state index contributed by atoms with van der Waals surface area (Å²) in [6.07, 6.45) is 1.58. The van der Waals surface area contributed by atoms with Crippen LogP contribution in [0.2, 0.25) is 0 Å². The molecule has 42 heavy (non-hydrogen) atoms. The van der Waals surface area contributed by atoms with E-state index in [1.807, 2.05) is 6.07 Å². The Labute approximate surface area is 242 Å². The summed E-state index contributed by atoms with van der Waals surface area (Å²) in [6.45, 7) is -1.34. The maximum Gasteiger partial charge on any atom is 0.387 e. The van der Waals surface area contributed by atoms with Gasteiger partial charge in [0, 0.05) is 5.69 Å². The number of para-hydroxylation sites is 1. The first-order valence-corrected chi connectivity index (χ1v) is 13.4. The molecule has 9 nitrogen and oxygen atoms in total. The molecule has 0 bridgehead atoms. The number of ether oxygens (including phenoxy) is 3. The normalized spacial score (nSPS) is 14.8. The van der Waals surface area contributed by atoms with Crippen LogP contribution in [0.4, 0.5) is 14.5 Å². The molecule has 1 atom stereocenters. The van der Waals surface area contributed by atoms with Gasteiger partial charge in [-0.25, -0.2) is 4.99 Å². The Hall–Kier alpha value is -4.97. The Kier molecular flexibility index (Phi) is 8.07. The second-order valence-corrected chi connectivity index (χ2v) is 10.1. The van der Waals surface area contributed by atoms with Gasteiger partial charge in [0.25, 0.3) is 11.5 Å². The van der Waals surface area contributed by atoms with Crippen LogP contribution in [0.15, 0.2) is 87.8 Å². The second-order valence-electron chi connectivity index (χ2n) is 9.12. The molecule has 0 saturated carbocycles. The summed E-state index contributed by atoms with van der Waals surface area (Å²) < 4.78 is 42.2. The number of phenolic OH excluding ortho intramolecular Hbond substituents is 1. The minimum absolute atomic E-state index is 0.0709. The lowest BCUT2D eigenvalue weighted by atomic mass is 9.94. The summed E-state index contributed by atoms with van der Waals surface area (Å²) in [7, 11) is 2.72. The number of hydrogen-bond acceptors (Lipinski definition) is 8. The number of fused-ring (bicyclic) bond motifs is 1. The van der Waals surface area contributed by atoms with Gasteiger partial charge in [0.1, 0.15) is 0 Å². The molecule has 0 unspecified atom stereocenters. The van der Waals surface area contributed by atoms with E-state index in [1.54, 1.807) is 49.4 Å². The van der Waals surface area contributed by atoms with Crippen molar-refractivity contribution in [3.63, 3.8) is 0 Å². The zero-order valence-corrected chi connectivity index (χ0v) is 23.4. The van der Waals surface area contributed by atoms with Crippen molar-refractivity contribution >= 4 is 29.0 Å². The van der Waals surface area contributed by atoms with Gasteiger partial charge in [0.2, 0.25) is 0 Å². The van der Waals surface area contributed by atoms with Crippen LogP contribution in [-0.4, -0.2) is 36.4 Å². The van der Waals surface area contributed by atoms with Crippen molar-refractivity contribution < 1.29 is 32.9 Å². The molecule has 5 rings (SSSR count). The van der Waals surface area contributed by atoms with E-state index in [0.29, 0.717) is 27.3 Å². The van der Waals surface area contributed by atoms with E-state index < -0.39 is 24.1 Å². The fourth-order valence-electron chi connectivity index (χ4n) is 4.63. The van der Waals surface area contributed by atoms with Crippen LogP contribution < -0.4 is 34.4 Å². The number of nitrogens with zero attached hydrogens (tertiary/aromatic N) is 2. The lowest BCUT2D eigenvalue weighted by Gasteiger charge is -2.25. The number of rotatable bonds is 8. The number of thiazole rings is 1. The van der Waals surface area contributed by atoms with Crippen LogP contribution in [0, 0.1) is 0 Å². The van der Waals surface area contributed by atoms with E-state index in [-0.39, 0.29) is 33.1 Å². The van der Waals surface area contributed by atoms with Crippen molar-refractivity contribution in [3.8, 4) is 23.0 Å². The van der Waals surface area contributed by atoms with Crippen LogP contribution in [0.3, 0.4) is 0 Å². The number of allylic oxidation sites excluding steroid dienone is 1. The first-order chi connectivity index (χ1) is 20.2. The highest BCUT2D eigenvalue weighted by Crippen LogP contribution is 2.36. The van der Waals surface area contributed by atoms with E-state index in [9.17, 15) is 23.5 Å². The number of aromatic hydroxyl groups is 1. The molecular formula is C30H25F2N3O6S. The Morgan fingerprint density at radius 2 is 1.79 bits per heavy atom. The number of halogens is 2. The summed E-state index contributed by atoms with van der Waals surface area (Å²) in [4.78, 5) is 32.5. The Balaban J connectivity index is 1.66. The van der Waals surface area contributed by atoms with Crippen LogP contribution >= 0.6 is 11.3 Å². The molecule has 0 fully saturated rings. The Bertz CT molecular complexity index is 1870. The number of benzene rings is 3. The molecule has 0 spiro atoms. The van der Waals surface area contributed by atoms with Gasteiger partial charge in [0.15, 0.2) is 27.8 Å². The van der Waals surface area contributed by atoms with Crippen molar-refractivity contribution in [3.05, 3.63) is 109 Å². The van der Waals surface area contributed by atoms with Gasteiger partial charge in [-0.2, -0.15) is 8.78 Å². The third-order valence-electron chi connectivity index (χ3n) is 6.52. The minimum atomic E-state index is -3.02. The molecule has 3 aromatic carbocycles. The molecule has 1 aliphatic heterocycles. The van der Waals surface area contributed by atoms with Gasteiger partial charge in [-0.3, -0.25) is 14.2 Å². The van der Waals surface area contributed by atoms with Crippen molar-refractivity contribution in [1.82, 2.24) is 4.57 Å². The van der Waals surface area contributed by atoms with Crippen LogP contribution in [0.5, 0.6) is 23.0 Å². The summed E-state index contributed by atoms with van der Waals surface area (Å²) in [6, 6.07) is 16.9. The molecule has 0 saturated heterocycles. The van der Waals surface area contributed by atoms with E-state index >= 15 is 0 Å². The van der Waals surface area contributed by atoms with Gasteiger partial charge in [-0.15, -0.1) is 0 Å². The number of phenols is 1. The maximum absolute atomic E-state index is 13.9. The summed E-state index contributed by atoms with van der Waals surface area (Å²) in [5.41, 5.74) is 1.79. The third kappa shape index (κ3) is 5.61. The zero-order valence-electron chi connectivity index (χ0n) is 22.6. The topological polar surface area (TPSA) is 111 Å². The monoisotopic (exact) mass is 593 g/mol. The Morgan fingerprint density at radius 1 is 1.05 bits per heavy atom. The number of hydrogen-bond donors (Lipinski definition) is 2. The maximum atomic E-state index is 13.9. The van der Waals surface area contributed by atoms with E-state index in [4.69, 9.17) is 9.47 Å². The standard InChI is InChI=1S/C30H25F2N3O6S/c1-16-25(27(37)34-19-7-5-4-6-8-19)26(18-10-11-20(36)22(15-18)39-2)35-28(38)24(42-30(35)33-16)14-17-9-12-21(41-29(31)32)23(13-17)40-3/h4-15,26,29,36H,1-3H3,(H,34,37)/b24-14+/t26-/m1/s1. The lowest BCUT2D eigenvalue weighted by Crippen LogP contribution is -2.40. The quantitative estimate of drug-likeness (QED) is 0.317. The molecule has 2 N–H and O–H groups in total. The van der Waals surface area contributed by atoms with Crippen molar-refractivity contribution in [2.45, 2.75) is 19.6 Å². The predicted octanol–water partition coefficient (Wildman–Crippen LogP) is 4.20. The van der Waals surface area contributed by atoms with Gasteiger partial charge in [-0.05, 0) is 60.5 Å². The van der Waals surface area contributed by atoms with Gasteiger partial charge >= 0.3 is 6.61 Å². The number of anilines is 1. The first-order valence-electron chi connectivity index (χ1n) is 12.6. The number of nitrogens with one attached hydrogen (secondary N) is 1. The molecule has 4 aromatic rings. The first kappa shape index (κ1) is 28.6. The number of alkyl halides is 2. The summed E-state index contributed by atoms with van der Waals surface area (Å²) in [5, 5.41) is 13.1.